The molecule has 0 heterocycles. The number of rotatable bonds is 3. The number of methoxy groups -OCH3 is 1. The fourth-order valence-corrected chi connectivity index (χ4v) is 3.63. The van der Waals surface area contributed by atoms with E-state index < -0.39 is 6.10 Å². The summed E-state index contributed by atoms with van der Waals surface area (Å²) in [4.78, 5) is 0. The molecule has 1 saturated carbocycles. The lowest BCUT2D eigenvalue weighted by Gasteiger charge is -2.38. The lowest BCUT2D eigenvalue weighted by molar-refractivity contribution is 0.0527. The van der Waals surface area contributed by atoms with E-state index in [1.165, 1.54) is 12.8 Å². The second-order valence-corrected chi connectivity index (χ2v) is 7.72. The highest BCUT2D eigenvalue weighted by Gasteiger charge is 2.32. The van der Waals surface area contributed by atoms with Gasteiger partial charge >= 0.3 is 0 Å². The normalized spacial score (nSPS) is 24.7. The summed E-state index contributed by atoms with van der Waals surface area (Å²) in [5, 5.41) is 11.2. The second-order valence-electron chi connectivity index (χ2n) is 7.32. The number of hydrogen-bond donors (Lipinski definition) is 1. The van der Waals surface area contributed by atoms with Crippen LogP contribution in [0.1, 0.15) is 58.1 Å². The summed E-state index contributed by atoms with van der Waals surface area (Å²) in [6.07, 6.45) is 4.17. The Morgan fingerprint density at radius 3 is 2.33 bits per heavy atom. The molecule has 1 aliphatic rings. The van der Waals surface area contributed by atoms with Crippen molar-refractivity contribution in [2.24, 2.45) is 17.3 Å². The molecule has 1 fully saturated rings. The number of aliphatic hydroxyl groups excluding tert-OH is 1. The van der Waals surface area contributed by atoms with Crippen LogP contribution in [0.4, 0.5) is 0 Å². The Kier molecular flexibility index (Phi) is 5.21. The Morgan fingerprint density at radius 2 is 1.81 bits per heavy atom. The minimum Gasteiger partial charge on any atom is -0.495 e. The highest BCUT2D eigenvalue weighted by molar-refractivity contribution is 6.32. The lowest BCUT2D eigenvalue weighted by Crippen LogP contribution is -2.28. The van der Waals surface area contributed by atoms with Gasteiger partial charge in [-0.15, -0.1) is 0 Å². The van der Waals surface area contributed by atoms with Crippen LogP contribution in [-0.2, 0) is 0 Å². The first kappa shape index (κ1) is 16.6. The Labute approximate surface area is 133 Å². The molecule has 1 N–H and O–H groups in total. The van der Waals surface area contributed by atoms with Crippen molar-refractivity contribution in [2.75, 3.05) is 7.11 Å². The Balaban J connectivity index is 2.03. The molecule has 3 heteroatoms. The van der Waals surface area contributed by atoms with Crippen molar-refractivity contribution < 1.29 is 9.84 Å². The lowest BCUT2D eigenvalue weighted by atomic mass is 9.68. The molecule has 0 amide bonds. The monoisotopic (exact) mass is 310 g/mol. The van der Waals surface area contributed by atoms with E-state index in [1.54, 1.807) is 13.2 Å². The molecule has 21 heavy (non-hydrogen) atoms. The van der Waals surface area contributed by atoms with Crippen LogP contribution >= 0.6 is 11.6 Å². The van der Waals surface area contributed by atoms with Crippen LogP contribution in [0, 0.1) is 17.3 Å². The molecule has 0 radical (unpaired) electrons. The first-order valence-electron chi connectivity index (χ1n) is 7.84. The minimum atomic E-state index is -0.419. The summed E-state index contributed by atoms with van der Waals surface area (Å²) in [5.74, 6) is 1.74. The molecular weight excluding hydrogens is 284 g/mol. The van der Waals surface area contributed by atoms with E-state index >= 15 is 0 Å². The van der Waals surface area contributed by atoms with Gasteiger partial charge < -0.3 is 9.84 Å². The van der Waals surface area contributed by atoms with Crippen molar-refractivity contribution >= 4 is 11.6 Å². The largest absolute Gasteiger partial charge is 0.495 e. The molecule has 1 aliphatic carbocycles. The van der Waals surface area contributed by atoms with Gasteiger partial charge in [0, 0.05) is 0 Å². The molecule has 0 saturated heterocycles. The third-order valence-corrected chi connectivity index (χ3v) is 5.27. The smallest absolute Gasteiger partial charge is 0.137 e. The number of benzene rings is 1. The van der Waals surface area contributed by atoms with Gasteiger partial charge in [0.05, 0.1) is 18.2 Å². The predicted molar refractivity (Wildman–Crippen MR) is 87.9 cm³/mol. The number of aliphatic hydroxyl groups is 1. The van der Waals surface area contributed by atoms with Crippen molar-refractivity contribution in [2.45, 2.75) is 52.6 Å². The molecule has 0 aromatic heterocycles. The van der Waals surface area contributed by atoms with Crippen LogP contribution in [0.2, 0.25) is 5.02 Å². The predicted octanol–water partition coefficient (Wildman–Crippen LogP) is 5.23. The third-order valence-electron chi connectivity index (χ3n) is 4.96. The maximum atomic E-state index is 10.6. The minimum absolute atomic E-state index is 0.342. The van der Waals surface area contributed by atoms with Gasteiger partial charge in [0.2, 0.25) is 0 Å². The van der Waals surface area contributed by atoms with Crippen molar-refractivity contribution in [3.8, 4) is 5.75 Å². The summed E-state index contributed by atoms with van der Waals surface area (Å²) in [5.41, 5.74) is 1.29. The molecule has 1 aromatic carbocycles. The molecule has 1 atom stereocenters. The molecule has 118 valence electrons. The topological polar surface area (TPSA) is 29.5 Å². The summed E-state index contributed by atoms with van der Waals surface area (Å²) in [7, 11) is 1.60. The average molecular weight is 311 g/mol. The molecule has 0 aliphatic heterocycles. The highest BCUT2D eigenvalue weighted by Crippen LogP contribution is 2.44. The van der Waals surface area contributed by atoms with Crippen molar-refractivity contribution in [3.05, 3.63) is 28.8 Å². The number of hydrogen-bond acceptors (Lipinski definition) is 2. The van der Waals surface area contributed by atoms with Crippen molar-refractivity contribution in [3.63, 3.8) is 0 Å². The standard InChI is InChI=1S/C18H27ClO2/c1-18(2,3)14-8-5-12(6-9-14)17(20)13-7-10-15(19)16(11-13)21-4/h7,10-12,14,17,20H,5-6,8-9H2,1-4H3. The zero-order valence-electron chi connectivity index (χ0n) is 13.5. The quantitative estimate of drug-likeness (QED) is 0.828. The van der Waals surface area contributed by atoms with Crippen LogP contribution in [0.25, 0.3) is 0 Å². The second kappa shape index (κ2) is 6.58. The molecule has 2 rings (SSSR count). The van der Waals surface area contributed by atoms with E-state index in [4.69, 9.17) is 16.3 Å². The average Bonchev–Trinajstić information content (AvgIpc) is 2.46. The first-order valence-corrected chi connectivity index (χ1v) is 8.22. The van der Waals surface area contributed by atoms with Crippen molar-refractivity contribution in [1.82, 2.24) is 0 Å². The molecule has 0 bridgehead atoms. The summed E-state index contributed by atoms with van der Waals surface area (Å²) in [6.45, 7) is 6.95. The SMILES string of the molecule is COc1cc(C(O)C2CCC(C(C)(C)C)CC2)ccc1Cl. The molecule has 1 unspecified atom stereocenters. The van der Waals surface area contributed by atoms with Gasteiger partial charge in [-0.05, 0) is 60.6 Å². The zero-order valence-corrected chi connectivity index (χ0v) is 14.3. The van der Waals surface area contributed by atoms with Gasteiger partial charge in [-0.1, -0.05) is 38.4 Å². The van der Waals surface area contributed by atoms with E-state index in [0.717, 1.165) is 24.3 Å². The molecular formula is C18H27ClO2. The van der Waals surface area contributed by atoms with Gasteiger partial charge in [-0.3, -0.25) is 0 Å². The van der Waals surface area contributed by atoms with Crippen LogP contribution in [0.3, 0.4) is 0 Å². The third kappa shape index (κ3) is 3.92. The molecule has 1 aromatic rings. The van der Waals surface area contributed by atoms with Gasteiger partial charge in [-0.25, -0.2) is 0 Å². The fraction of sp³-hybridized carbons (Fsp3) is 0.667. The maximum absolute atomic E-state index is 10.6. The Morgan fingerprint density at radius 1 is 1.19 bits per heavy atom. The van der Waals surface area contributed by atoms with E-state index in [0.29, 0.717) is 22.1 Å². The molecule has 0 spiro atoms. The van der Waals surface area contributed by atoms with Crippen molar-refractivity contribution in [1.29, 1.82) is 0 Å². The number of ether oxygens (including phenoxy) is 1. The van der Waals surface area contributed by atoms with Crippen LogP contribution in [-0.4, -0.2) is 12.2 Å². The molecule has 2 nitrogen and oxygen atoms in total. The summed E-state index contributed by atoms with van der Waals surface area (Å²) in [6, 6.07) is 5.58. The highest BCUT2D eigenvalue weighted by atomic mass is 35.5. The van der Waals surface area contributed by atoms with Gasteiger partial charge in [-0.2, -0.15) is 0 Å². The van der Waals surface area contributed by atoms with Gasteiger partial charge in [0.25, 0.3) is 0 Å². The number of halogens is 1. The van der Waals surface area contributed by atoms with Gasteiger partial charge in [0.15, 0.2) is 0 Å². The van der Waals surface area contributed by atoms with Crippen LogP contribution in [0.15, 0.2) is 18.2 Å². The first-order chi connectivity index (χ1) is 9.82. The zero-order chi connectivity index (χ0) is 15.6. The summed E-state index contributed by atoms with van der Waals surface area (Å²) < 4.78 is 5.24. The van der Waals surface area contributed by atoms with Crippen LogP contribution in [0.5, 0.6) is 5.75 Å². The van der Waals surface area contributed by atoms with E-state index in [1.807, 2.05) is 12.1 Å². The van der Waals surface area contributed by atoms with E-state index in [2.05, 4.69) is 20.8 Å². The van der Waals surface area contributed by atoms with Gasteiger partial charge in [0.1, 0.15) is 5.75 Å². The van der Waals surface area contributed by atoms with E-state index in [-0.39, 0.29) is 0 Å². The Bertz CT molecular complexity index is 471. The van der Waals surface area contributed by atoms with E-state index in [9.17, 15) is 5.11 Å². The fourth-order valence-electron chi connectivity index (χ4n) is 3.43. The summed E-state index contributed by atoms with van der Waals surface area (Å²) >= 11 is 6.05. The maximum Gasteiger partial charge on any atom is 0.137 e. The van der Waals surface area contributed by atoms with Crippen LogP contribution < -0.4 is 4.74 Å². The Hall–Kier alpha value is -0.730.